The Morgan fingerprint density at radius 1 is 1.30 bits per heavy atom. The van der Waals surface area contributed by atoms with Gasteiger partial charge >= 0.3 is 0 Å². The average molecular weight is 318 g/mol. The summed E-state index contributed by atoms with van der Waals surface area (Å²) in [4.78, 5) is 14.1. The van der Waals surface area contributed by atoms with Gasteiger partial charge in [-0.05, 0) is 30.2 Å². The maximum absolute atomic E-state index is 11.8. The summed E-state index contributed by atoms with van der Waals surface area (Å²) >= 11 is 0. The van der Waals surface area contributed by atoms with Crippen LogP contribution in [0.3, 0.4) is 0 Å². The highest BCUT2D eigenvalue weighted by molar-refractivity contribution is 5.91. The van der Waals surface area contributed by atoms with Crippen LogP contribution in [0, 0.1) is 0 Å². The van der Waals surface area contributed by atoms with Crippen molar-refractivity contribution in [3.05, 3.63) is 35.9 Å². The van der Waals surface area contributed by atoms with Crippen molar-refractivity contribution in [3.8, 4) is 5.75 Å². The van der Waals surface area contributed by atoms with Gasteiger partial charge in [-0.15, -0.1) is 0 Å². The van der Waals surface area contributed by atoms with Crippen molar-refractivity contribution in [2.24, 2.45) is 0 Å². The van der Waals surface area contributed by atoms with Gasteiger partial charge in [0.2, 0.25) is 5.91 Å². The van der Waals surface area contributed by atoms with Crippen molar-refractivity contribution in [2.45, 2.75) is 13.3 Å². The highest BCUT2D eigenvalue weighted by Gasteiger charge is 2.09. The van der Waals surface area contributed by atoms with Gasteiger partial charge in [0.1, 0.15) is 5.75 Å². The molecule has 1 aromatic rings. The van der Waals surface area contributed by atoms with Crippen LogP contribution in [0.4, 0.5) is 0 Å². The van der Waals surface area contributed by atoms with Gasteiger partial charge in [0.05, 0.1) is 19.8 Å². The van der Waals surface area contributed by atoms with Gasteiger partial charge in [-0.2, -0.15) is 0 Å². The van der Waals surface area contributed by atoms with E-state index in [2.05, 4.69) is 17.1 Å². The first-order chi connectivity index (χ1) is 11.3. The van der Waals surface area contributed by atoms with Crippen molar-refractivity contribution in [3.63, 3.8) is 0 Å². The van der Waals surface area contributed by atoms with Crippen LogP contribution in [-0.4, -0.2) is 56.8 Å². The predicted molar refractivity (Wildman–Crippen MR) is 91.5 cm³/mol. The summed E-state index contributed by atoms with van der Waals surface area (Å²) in [6.45, 7) is 7.78. The summed E-state index contributed by atoms with van der Waals surface area (Å²) in [5.41, 5.74) is 0.983. The molecule has 2 rings (SSSR count). The van der Waals surface area contributed by atoms with E-state index in [9.17, 15) is 4.79 Å². The number of carbonyl (C=O) groups excluding carboxylic acids is 1. The van der Waals surface area contributed by atoms with E-state index in [1.54, 1.807) is 6.08 Å². The zero-order chi connectivity index (χ0) is 16.3. The molecule has 126 valence electrons. The number of hydrogen-bond donors (Lipinski definition) is 1. The quantitative estimate of drug-likeness (QED) is 0.744. The Morgan fingerprint density at radius 3 is 2.74 bits per heavy atom. The topological polar surface area (TPSA) is 50.8 Å². The zero-order valence-electron chi connectivity index (χ0n) is 13.8. The van der Waals surface area contributed by atoms with Gasteiger partial charge in [0.15, 0.2) is 0 Å². The Morgan fingerprint density at radius 2 is 2.04 bits per heavy atom. The molecule has 1 heterocycles. The van der Waals surface area contributed by atoms with Gasteiger partial charge in [0, 0.05) is 32.3 Å². The van der Waals surface area contributed by atoms with E-state index in [1.165, 1.54) is 0 Å². The van der Waals surface area contributed by atoms with Crippen LogP contribution in [0.15, 0.2) is 30.3 Å². The molecule has 0 aliphatic carbocycles. The van der Waals surface area contributed by atoms with E-state index in [0.29, 0.717) is 6.54 Å². The molecule has 0 atom stereocenters. The SMILES string of the molecule is CCCOc1ccc(/C=C/C(=O)NCCN2CCOCC2)cc1. The predicted octanol–water partition coefficient (Wildman–Crippen LogP) is 1.94. The molecule has 1 aliphatic heterocycles. The maximum Gasteiger partial charge on any atom is 0.244 e. The zero-order valence-corrected chi connectivity index (χ0v) is 13.8. The molecule has 1 saturated heterocycles. The summed E-state index contributed by atoms with van der Waals surface area (Å²) in [5.74, 6) is 0.795. The van der Waals surface area contributed by atoms with Crippen LogP contribution in [0.25, 0.3) is 6.08 Å². The van der Waals surface area contributed by atoms with E-state index < -0.39 is 0 Å². The summed E-state index contributed by atoms with van der Waals surface area (Å²) in [6.07, 6.45) is 4.38. The lowest BCUT2D eigenvalue weighted by Crippen LogP contribution is -2.41. The van der Waals surface area contributed by atoms with Crippen LogP contribution >= 0.6 is 0 Å². The van der Waals surface area contributed by atoms with E-state index in [-0.39, 0.29) is 5.91 Å². The van der Waals surface area contributed by atoms with E-state index in [1.807, 2.05) is 30.3 Å². The number of rotatable bonds is 8. The average Bonchev–Trinajstić information content (AvgIpc) is 2.60. The molecule has 0 bridgehead atoms. The normalized spacial score (nSPS) is 15.7. The lowest BCUT2D eigenvalue weighted by Gasteiger charge is -2.26. The number of morpholine rings is 1. The summed E-state index contributed by atoms with van der Waals surface area (Å²) in [7, 11) is 0. The molecule has 0 saturated carbocycles. The number of nitrogens with one attached hydrogen (secondary N) is 1. The molecule has 1 aromatic carbocycles. The fourth-order valence-corrected chi connectivity index (χ4v) is 2.29. The minimum atomic E-state index is -0.0652. The third-order valence-corrected chi connectivity index (χ3v) is 3.61. The van der Waals surface area contributed by atoms with Gasteiger partial charge < -0.3 is 14.8 Å². The molecule has 1 fully saturated rings. The molecule has 5 heteroatoms. The molecule has 0 unspecified atom stereocenters. The smallest absolute Gasteiger partial charge is 0.244 e. The van der Waals surface area contributed by atoms with Crippen molar-refractivity contribution in [1.82, 2.24) is 10.2 Å². The van der Waals surface area contributed by atoms with Crippen LogP contribution in [0.5, 0.6) is 5.75 Å². The van der Waals surface area contributed by atoms with Crippen molar-refractivity contribution in [1.29, 1.82) is 0 Å². The monoisotopic (exact) mass is 318 g/mol. The molecule has 5 nitrogen and oxygen atoms in total. The number of carbonyl (C=O) groups is 1. The molecule has 0 radical (unpaired) electrons. The van der Waals surface area contributed by atoms with Crippen LogP contribution in [-0.2, 0) is 9.53 Å². The largest absolute Gasteiger partial charge is 0.494 e. The Kier molecular flexibility index (Phi) is 7.63. The molecule has 0 spiro atoms. The second-order valence-electron chi connectivity index (χ2n) is 5.50. The standard InChI is InChI=1S/C18H26N2O3/c1-2-13-23-17-6-3-16(4-7-17)5-8-18(21)19-9-10-20-11-14-22-15-12-20/h3-8H,2,9-15H2,1H3,(H,19,21)/b8-5+. The first-order valence-electron chi connectivity index (χ1n) is 8.27. The van der Waals surface area contributed by atoms with E-state index in [4.69, 9.17) is 9.47 Å². The van der Waals surface area contributed by atoms with Crippen LogP contribution < -0.4 is 10.1 Å². The molecule has 1 amide bonds. The highest BCUT2D eigenvalue weighted by atomic mass is 16.5. The minimum absolute atomic E-state index is 0.0652. The first-order valence-corrected chi connectivity index (χ1v) is 8.27. The molecular weight excluding hydrogens is 292 g/mol. The summed E-state index contributed by atoms with van der Waals surface area (Å²) in [5, 5.41) is 2.91. The lowest BCUT2D eigenvalue weighted by atomic mass is 10.2. The van der Waals surface area contributed by atoms with Crippen molar-refractivity contribution in [2.75, 3.05) is 46.0 Å². The maximum atomic E-state index is 11.8. The number of nitrogens with zero attached hydrogens (tertiary/aromatic N) is 1. The van der Waals surface area contributed by atoms with Crippen LogP contribution in [0.1, 0.15) is 18.9 Å². The number of hydrogen-bond acceptors (Lipinski definition) is 4. The Labute approximate surface area is 138 Å². The Hall–Kier alpha value is -1.85. The fraction of sp³-hybridized carbons (Fsp3) is 0.500. The minimum Gasteiger partial charge on any atom is -0.494 e. The van der Waals surface area contributed by atoms with E-state index >= 15 is 0 Å². The third-order valence-electron chi connectivity index (χ3n) is 3.61. The van der Waals surface area contributed by atoms with Crippen molar-refractivity contribution < 1.29 is 14.3 Å². The second kappa shape index (κ2) is 10.0. The number of amides is 1. The molecular formula is C18H26N2O3. The highest BCUT2D eigenvalue weighted by Crippen LogP contribution is 2.13. The van der Waals surface area contributed by atoms with Gasteiger partial charge in [-0.3, -0.25) is 9.69 Å². The second-order valence-corrected chi connectivity index (χ2v) is 5.50. The first kappa shape index (κ1) is 17.5. The van der Waals surface area contributed by atoms with Gasteiger partial charge in [0.25, 0.3) is 0 Å². The molecule has 0 aromatic heterocycles. The fourth-order valence-electron chi connectivity index (χ4n) is 2.29. The van der Waals surface area contributed by atoms with Gasteiger partial charge in [-0.25, -0.2) is 0 Å². The van der Waals surface area contributed by atoms with Gasteiger partial charge in [-0.1, -0.05) is 19.1 Å². The summed E-state index contributed by atoms with van der Waals surface area (Å²) < 4.78 is 10.8. The number of benzene rings is 1. The number of ether oxygens (including phenoxy) is 2. The van der Waals surface area contributed by atoms with Crippen LogP contribution in [0.2, 0.25) is 0 Å². The van der Waals surface area contributed by atoms with Crippen molar-refractivity contribution >= 4 is 12.0 Å². The summed E-state index contributed by atoms with van der Waals surface area (Å²) in [6, 6.07) is 7.74. The van der Waals surface area contributed by atoms with E-state index in [0.717, 1.165) is 57.2 Å². The lowest BCUT2D eigenvalue weighted by molar-refractivity contribution is -0.116. The Bertz CT molecular complexity index is 493. The molecule has 1 N–H and O–H groups in total. The molecule has 23 heavy (non-hydrogen) atoms. The Balaban J connectivity index is 1.68. The third kappa shape index (κ3) is 6.84. The molecule has 1 aliphatic rings.